The summed E-state index contributed by atoms with van der Waals surface area (Å²) in [5.74, 6) is 3.24. The maximum absolute atomic E-state index is 5.99. The van der Waals surface area contributed by atoms with Gasteiger partial charge in [-0.05, 0) is 80.0 Å². The molecule has 4 aromatic heterocycles. The lowest BCUT2D eigenvalue weighted by molar-refractivity contribution is 0.366. The van der Waals surface area contributed by atoms with Gasteiger partial charge in [0.1, 0.15) is 0 Å². The Hall–Kier alpha value is -2.15. The highest BCUT2D eigenvalue weighted by Gasteiger charge is 2.18. The summed E-state index contributed by atoms with van der Waals surface area (Å²) in [6.45, 7) is 10.5. The molecule has 2 aliphatic carbocycles. The molecule has 4 heterocycles. The van der Waals surface area contributed by atoms with Crippen molar-refractivity contribution in [3.8, 4) is 0 Å². The predicted molar refractivity (Wildman–Crippen MR) is 189 cm³/mol. The van der Waals surface area contributed by atoms with Gasteiger partial charge >= 0.3 is 0 Å². The summed E-state index contributed by atoms with van der Waals surface area (Å²) < 4.78 is 3.43. The van der Waals surface area contributed by atoms with E-state index in [1.807, 2.05) is 23.2 Å². The Morgan fingerprint density at radius 2 is 1.24 bits per heavy atom. The molecule has 0 unspecified atom stereocenters. The van der Waals surface area contributed by atoms with Crippen LogP contribution in [0.1, 0.15) is 115 Å². The van der Waals surface area contributed by atoms with Crippen molar-refractivity contribution < 1.29 is 0 Å². The largest absolute Gasteiger partial charge is 0.354 e. The maximum atomic E-state index is 5.99. The van der Waals surface area contributed by atoms with E-state index in [1.165, 1.54) is 81.5 Å². The van der Waals surface area contributed by atoms with Gasteiger partial charge in [-0.15, -0.1) is 0 Å². The molecule has 0 radical (unpaired) electrons. The van der Waals surface area contributed by atoms with Crippen molar-refractivity contribution in [3.63, 3.8) is 0 Å². The summed E-state index contributed by atoms with van der Waals surface area (Å²) >= 11 is 9.05. The van der Waals surface area contributed by atoms with Crippen LogP contribution in [0.15, 0.2) is 22.7 Å². The first-order valence-electron chi connectivity index (χ1n) is 16.4. The molecule has 2 saturated carbocycles. The van der Waals surface area contributed by atoms with Crippen LogP contribution in [-0.2, 0) is 0 Å². The molecule has 13 heteroatoms. The Labute approximate surface area is 281 Å². The molecule has 0 spiro atoms. The molecule has 6 rings (SSSR count). The van der Waals surface area contributed by atoms with Gasteiger partial charge < -0.3 is 11.1 Å². The van der Waals surface area contributed by atoms with Crippen LogP contribution in [0.3, 0.4) is 0 Å². The third-order valence-electron chi connectivity index (χ3n) is 8.65. The molecule has 248 valence electrons. The first-order valence-corrected chi connectivity index (χ1v) is 19.3. The number of fused-ring (bicyclic) bond motifs is 2. The Kier molecular flexibility index (Phi) is 14.0. The van der Waals surface area contributed by atoms with Gasteiger partial charge in [0.15, 0.2) is 21.6 Å². The van der Waals surface area contributed by atoms with Gasteiger partial charge in [-0.25, -0.2) is 9.97 Å². The number of anilines is 1. The van der Waals surface area contributed by atoms with Gasteiger partial charge in [-0.2, -0.15) is 29.2 Å². The third kappa shape index (κ3) is 9.68. The second-order valence-electron chi connectivity index (χ2n) is 12.6. The van der Waals surface area contributed by atoms with Gasteiger partial charge in [0.2, 0.25) is 11.2 Å². The number of hydrogen-bond donors (Lipinski definition) is 2. The molecule has 2 aliphatic rings. The summed E-state index contributed by atoms with van der Waals surface area (Å²) in [7, 11) is 0. The normalized spacial score (nSPS) is 16.1. The molecule has 45 heavy (non-hydrogen) atoms. The number of hydrogen-bond acceptors (Lipinski definition) is 10. The van der Waals surface area contributed by atoms with E-state index in [1.54, 1.807) is 22.5 Å². The summed E-state index contributed by atoms with van der Waals surface area (Å²) in [6.07, 6.45) is 21.5. The van der Waals surface area contributed by atoms with Crippen molar-refractivity contribution in [1.82, 2.24) is 39.2 Å². The van der Waals surface area contributed by atoms with Crippen LogP contribution < -0.4 is 11.1 Å². The smallest absolute Gasteiger partial charge is 0.228 e. The van der Waals surface area contributed by atoms with Gasteiger partial charge in [0, 0.05) is 17.7 Å². The van der Waals surface area contributed by atoms with Crippen molar-refractivity contribution in [2.24, 2.45) is 17.6 Å². The first kappa shape index (κ1) is 35.7. The SMILES string of the molecule is CSc1nc(Cl)n2ncc(C(C)C)c2n1.CSc1nc(NCC2CCCCC2)n2ncc(C(C)C)c2n1.NCC1CCCCC1. The molecule has 4 aromatic rings. The molecule has 0 aromatic carbocycles. The molecule has 0 bridgehead atoms. The number of nitrogens with two attached hydrogens (primary N) is 1. The fourth-order valence-corrected chi connectivity index (χ4v) is 6.84. The van der Waals surface area contributed by atoms with Crippen molar-refractivity contribution >= 4 is 52.4 Å². The number of nitrogens with zero attached hydrogens (tertiary/aromatic N) is 8. The molecule has 0 saturated heterocycles. The molecular formula is C32H51ClN10S2. The van der Waals surface area contributed by atoms with Crippen molar-refractivity contribution in [2.75, 3.05) is 30.9 Å². The average molecular weight is 675 g/mol. The van der Waals surface area contributed by atoms with Crippen LogP contribution in [-0.4, -0.2) is 64.8 Å². The number of nitrogens with one attached hydrogen (secondary N) is 1. The van der Waals surface area contributed by atoms with Crippen LogP contribution in [0.5, 0.6) is 0 Å². The van der Waals surface area contributed by atoms with E-state index in [0.717, 1.165) is 52.9 Å². The van der Waals surface area contributed by atoms with Gasteiger partial charge in [-0.3, -0.25) is 0 Å². The monoisotopic (exact) mass is 674 g/mol. The predicted octanol–water partition coefficient (Wildman–Crippen LogP) is 8.11. The van der Waals surface area contributed by atoms with Crippen molar-refractivity contribution in [2.45, 2.75) is 114 Å². The molecule has 0 atom stereocenters. The molecule has 3 N–H and O–H groups in total. The molecule has 0 aliphatic heterocycles. The van der Waals surface area contributed by atoms with Gasteiger partial charge in [0.05, 0.1) is 12.4 Å². The van der Waals surface area contributed by atoms with Crippen molar-refractivity contribution in [3.05, 3.63) is 28.8 Å². The average Bonchev–Trinajstić information content (AvgIpc) is 3.70. The van der Waals surface area contributed by atoms with E-state index in [9.17, 15) is 0 Å². The Balaban J connectivity index is 0.000000172. The van der Waals surface area contributed by atoms with Crippen molar-refractivity contribution in [1.29, 1.82) is 0 Å². The van der Waals surface area contributed by atoms with Crippen LogP contribution >= 0.6 is 35.1 Å². The third-order valence-corrected chi connectivity index (χ3v) is 9.99. The van der Waals surface area contributed by atoms with Crippen LogP contribution in [0.25, 0.3) is 11.3 Å². The van der Waals surface area contributed by atoms with Gasteiger partial charge in [0.25, 0.3) is 0 Å². The Morgan fingerprint density at radius 3 is 1.73 bits per heavy atom. The minimum Gasteiger partial charge on any atom is -0.354 e. The fraction of sp³-hybridized carbons (Fsp3) is 0.688. The number of halogens is 1. The van der Waals surface area contributed by atoms with E-state index < -0.39 is 0 Å². The molecule has 10 nitrogen and oxygen atoms in total. The van der Waals surface area contributed by atoms with E-state index in [2.05, 4.69) is 63.1 Å². The molecule has 0 amide bonds. The highest BCUT2D eigenvalue weighted by molar-refractivity contribution is 7.98. The van der Waals surface area contributed by atoms with Crippen LogP contribution in [0.4, 0.5) is 5.95 Å². The zero-order chi connectivity index (χ0) is 32.3. The summed E-state index contributed by atoms with van der Waals surface area (Å²) in [4.78, 5) is 17.8. The minimum atomic E-state index is 0.358. The zero-order valence-electron chi connectivity index (χ0n) is 27.8. The number of aromatic nitrogens is 8. The highest BCUT2D eigenvalue weighted by Crippen LogP contribution is 2.27. The quantitative estimate of drug-likeness (QED) is 0.177. The van der Waals surface area contributed by atoms with E-state index >= 15 is 0 Å². The van der Waals surface area contributed by atoms with E-state index in [-0.39, 0.29) is 0 Å². The Bertz CT molecular complexity index is 1480. The summed E-state index contributed by atoms with van der Waals surface area (Å²) in [6, 6.07) is 0. The standard InChI is InChI=1S/C16H25N5S.C9H11ClN4S.C7H15N/c1-11(2)13-10-18-21-14(13)19-16(22-3)20-15(21)17-9-12-7-5-4-6-8-12;1-5(2)6-4-11-14-7(6)12-9(15-3)13-8(14)10;8-6-7-4-2-1-3-5-7/h10-12H,4-9H2,1-3H3,(H,17,19,20);4-5H,1-3H3;7H,1-6,8H2. The van der Waals surface area contributed by atoms with Gasteiger partial charge in [-0.1, -0.05) is 89.7 Å². The van der Waals surface area contributed by atoms with Crippen LogP contribution in [0, 0.1) is 11.8 Å². The van der Waals surface area contributed by atoms with E-state index in [0.29, 0.717) is 22.3 Å². The lowest BCUT2D eigenvalue weighted by Crippen LogP contribution is -2.19. The molecule has 2 fully saturated rings. The second-order valence-corrected chi connectivity index (χ2v) is 14.5. The second kappa shape index (κ2) is 17.7. The molecular weight excluding hydrogens is 624 g/mol. The maximum Gasteiger partial charge on any atom is 0.228 e. The number of thioether (sulfide) groups is 2. The zero-order valence-corrected chi connectivity index (χ0v) is 30.2. The minimum absolute atomic E-state index is 0.358. The summed E-state index contributed by atoms with van der Waals surface area (Å²) in [5, 5.41) is 14.0. The summed E-state index contributed by atoms with van der Waals surface area (Å²) in [5.41, 5.74) is 9.51. The lowest BCUT2D eigenvalue weighted by atomic mass is 9.89. The highest BCUT2D eigenvalue weighted by atomic mass is 35.5. The topological polar surface area (TPSA) is 124 Å². The van der Waals surface area contributed by atoms with E-state index in [4.69, 9.17) is 17.3 Å². The Morgan fingerprint density at radius 1 is 0.756 bits per heavy atom. The fourth-order valence-electron chi connectivity index (χ4n) is 5.88. The van der Waals surface area contributed by atoms with Crippen LogP contribution in [0.2, 0.25) is 5.28 Å². The first-order chi connectivity index (χ1) is 21.7. The number of rotatable bonds is 8. The lowest BCUT2D eigenvalue weighted by Gasteiger charge is -2.22.